The van der Waals surface area contributed by atoms with Crippen LogP contribution in [-0.2, 0) is 0 Å². The second-order valence-corrected chi connectivity index (χ2v) is 5.75. The van der Waals surface area contributed by atoms with Crippen molar-refractivity contribution in [2.24, 2.45) is 5.73 Å². The number of carboxylic acid groups (broad SMARTS) is 1. The summed E-state index contributed by atoms with van der Waals surface area (Å²) in [5, 5.41) is 12.1. The summed E-state index contributed by atoms with van der Waals surface area (Å²) in [4.78, 5) is 21.6. The Balaban J connectivity index is 0.000000200. The van der Waals surface area contributed by atoms with Crippen molar-refractivity contribution in [1.82, 2.24) is 0 Å². The molecule has 0 atom stereocenters. The summed E-state index contributed by atoms with van der Waals surface area (Å²) in [5.74, 6) is -1.40. The first kappa shape index (κ1) is 16.0. The predicted octanol–water partition coefficient (Wildman–Crippen LogP) is 2.07. The number of aryl methyl sites for hydroxylation is 2. The Morgan fingerprint density at radius 3 is 1.55 bits per heavy atom. The van der Waals surface area contributed by atoms with Crippen LogP contribution in [0.2, 0.25) is 0 Å². The SMILES string of the molecule is Cc1csc(C(=O)O)c1N.Cc1csc(C(N)=O)c1N. The monoisotopic (exact) mass is 313 g/mol. The molecule has 108 valence electrons. The number of rotatable bonds is 2. The quantitative estimate of drug-likeness (QED) is 0.673. The van der Waals surface area contributed by atoms with Gasteiger partial charge in [-0.2, -0.15) is 0 Å². The van der Waals surface area contributed by atoms with E-state index in [1.807, 2.05) is 12.3 Å². The number of hydrogen-bond donors (Lipinski definition) is 4. The van der Waals surface area contributed by atoms with Crippen molar-refractivity contribution in [2.45, 2.75) is 13.8 Å². The van der Waals surface area contributed by atoms with E-state index in [2.05, 4.69) is 0 Å². The highest BCUT2D eigenvalue weighted by atomic mass is 32.1. The van der Waals surface area contributed by atoms with Gasteiger partial charge in [0.25, 0.3) is 5.91 Å². The number of aromatic carboxylic acids is 1. The zero-order chi connectivity index (χ0) is 15.4. The first-order valence-electron chi connectivity index (χ1n) is 5.45. The Morgan fingerprint density at radius 1 is 1.00 bits per heavy atom. The molecule has 20 heavy (non-hydrogen) atoms. The van der Waals surface area contributed by atoms with Gasteiger partial charge in [0.05, 0.1) is 11.4 Å². The number of anilines is 2. The normalized spacial score (nSPS) is 9.70. The van der Waals surface area contributed by atoms with Crippen LogP contribution in [0.4, 0.5) is 11.4 Å². The smallest absolute Gasteiger partial charge is 0.348 e. The number of thiophene rings is 2. The van der Waals surface area contributed by atoms with Crippen LogP contribution in [0.15, 0.2) is 10.8 Å². The summed E-state index contributed by atoms with van der Waals surface area (Å²) in [6, 6.07) is 0. The molecule has 2 heterocycles. The number of carbonyl (C=O) groups excluding carboxylic acids is 1. The molecule has 0 saturated carbocycles. The van der Waals surface area contributed by atoms with Crippen LogP contribution in [0.1, 0.15) is 30.5 Å². The van der Waals surface area contributed by atoms with Gasteiger partial charge >= 0.3 is 5.97 Å². The number of nitrogens with two attached hydrogens (primary N) is 3. The molecule has 0 unspecified atom stereocenters. The van der Waals surface area contributed by atoms with E-state index in [0.29, 0.717) is 16.3 Å². The van der Waals surface area contributed by atoms with E-state index in [1.165, 1.54) is 11.3 Å². The van der Waals surface area contributed by atoms with Crippen molar-refractivity contribution in [3.63, 3.8) is 0 Å². The molecule has 0 radical (unpaired) electrons. The maximum Gasteiger partial charge on any atom is 0.348 e. The highest BCUT2D eigenvalue weighted by Crippen LogP contribution is 2.24. The minimum atomic E-state index is -0.949. The summed E-state index contributed by atoms with van der Waals surface area (Å²) in [6.45, 7) is 3.64. The maximum atomic E-state index is 10.6. The molecule has 0 fully saturated rings. The van der Waals surface area contributed by atoms with E-state index in [0.717, 1.165) is 22.5 Å². The molecule has 7 N–H and O–H groups in total. The Hall–Kier alpha value is -2.06. The zero-order valence-corrected chi connectivity index (χ0v) is 12.6. The largest absolute Gasteiger partial charge is 0.477 e. The van der Waals surface area contributed by atoms with Crippen LogP contribution in [0.25, 0.3) is 0 Å². The number of nitrogen functional groups attached to an aromatic ring is 2. The van der Waals surface area contributed by atoms with E-state index in [9.17, 15) is 9.59 Å². The molecule has 0 saturated heterocycles. The third-order valence-electron chi connectivity index (χ3n) is 2.46. The van der Waals surface area contributed by atoms with Crippen molar-refractivity contribution in [2.75, 3.05) is 11.5 Å². The standard InChI is InChI=1S/C6H8N2OS.C6H7NO2S/c2*1-3-2-10-5(4(3)7)6(8)9/h2H,7H2,1H3,(H2,8,9);2H,7H2,1H3,(H,8,9). The Bertz CT molecular complexity index is 590. The Morgan fingerprint density at radius 2 is 1.40 bits per heavy atom. The van der Waals surface area contributed by atoms with Crippen molar-refractivity contribution in [3.05, 3.63) is 31.6 Å². The third kappa shape index (κ3) is 3.49. The fourth-order valence-electron chi connectivity index (χ4n) is 1.26. The fourth-order valence-corrected chi connectivity index (χ4v) is 2.90. The van der Waals surface area contributed by atoms with Gasteiger partial charge in [0.1, 0.15) is 9.75 Å². The molecule has 0 aliphatic rings. The van der Waals surface area contributed by atoms with Crippen LogP contribution in [-0.4, -0.2) is 17.0 Å². The summed E-state index contributed by atoms with van der Waals surface area (Å²) < 4.78 is 0. The molecule has 0 spiro atoms. The van der Waals surface area contributed by atoms with Gasteiger partial charge in [0.15, 0.2) is 0 Å². The van der Waals surface area contributed by atoms with Gasteiger partial charge in [-0.3, -0.25) is 4.79 Å². The van der Waals surface area contributed by atoms with Gasteiger partial charge in [0, 0.05) is 0 Å². The van der Waals surface area contributed by atoms with E-state index in [4.69, 9.17) is 22.3 Å². The van der Waals surface area contributed by atoms with Crippen LogP contribution in [0.3, 0.4) is 0 Å². The minimum absolute atomic E-state index is 0.234. The molecule has 6 nitrogen and oxygen atoms in total. The molecule has 0 aliphatic carbocycles. The Labute approximate surface area is 123 Å². The second kappa shape index (κ2) is 6.40. The molecule has 1 amide bonds. The van der Waals surface area contributed by atoms with Crippen molar-refractivity contribution < 1.29 is 14.7 Å². The van der Waals surface area contributed by atoms with Crippen molar-refractivity contribution >= 4 is 45.9 Å². The first-order valence-corrected chi connectivity index (χ1v) is 7.21. The average Bonchev–Trinajstić information content (AvgIpc) is 2.86. The summed E-state index contributed by atoms with van der Waals surface area (Å²) in [5.41, 5.74) is 18.6. The number of primary amides is 1. The molecule has 2 aromatic rings. The molecule has 0 aromatic carbocycles. The van der Waals surface area contributed by atoms with Gasteiger partial charge in [-0.25, -0.2) is 4.79 Å². The lowest BCUT2D eigenvalue weighted by Gasteiger charge is -1.91. The molecule has 2 aromatic heterocycles. The van der Waals surface area contributed by atoms with E-state index >= 15 is 0 Å². The highest BCUT2D eigenvalue weighted by molar-refractivity contribution is 7.13. The van der Waals surface area contributed by atoms with Gasteiger partial charge < -0.3 is 22.3 Å². The van der Waals surface area contributed by atoms with E-state index in [1.54, 1.807) is 12.3 Å². The van der Waals surface area contributed by atoms with Gasteiger partial charge in [-0.15, -0.1) is 22.7 Å². The van der Waals surface area contributed by atoms with E-state index in [-0.39, 0.29) is 4.88 Å². The van der Waals surface area contributed by atoms with Gasteiger partial charge in [-0.05, 0) is 35.7 Å². The number of amides is 1. The van der Waals surface area contributed by atoms with Crippen LogP contribution < -0.4 is 17.2 Å². The molecular formula is C12H15N3O3S2. The average molecular weight is 313 g/mol. The molecule has 0 bridgehead atoms. The lowest BCUT2D eigenvalue weighted by atomic mass is 10.3. The zero-order valence-electron chi connectivity index (χ0n) is 11.0. The lowest BCUT2D eigenvalue weighted by molar-refractivity contribution is 0.0703. The van der Waals surface area contributed by atoms with Gasteiger partial charge in [0.2, 0.25) is 0 Å². The van der Waals surface area contributed by atoms with Crippen molar-refractivity contribution in [3.8, 4) is 0 Å². The molecule has 2 rings (SSSR count). The topological polar surface area (TPSA) is 132 Å². The fraction of sp³-hybridized carbons (Fsp3) is 0.167. The number of carboxylic acids is 1. The van der Waals surface area contributed by atoms with Crippen LogP contribution in [0, 0.1) is 13.8 Å². The number of carbonyl (C=O) groups is 2. The number of hydrogen-bond acceptors (Lipinski definition) is 6. The summed E-state index contributed by atoms with van der Waals surface area (Å²) >= 11 is 2.44. The molecular weight excluding hydrogens is 298 g/mol. The highest BCUT2D eigenvalue weighted by Gasteiger charge is 2.11. The van der Waals surface area contributed by atoms with Crippen molar-refractivity contribution in [1.29, 1.82) is 0 Å². The summed E-state index contributed by atoms with van der Waals surface area (Å²) in [6.07, 6.45) is 0. The maximum absolute atomic E-state index is 10.6. The predicted molar refractivity (Wildman–Crippen MR) is 82.4 cm³/mol. The van der Waals surface area contributed by atoms with E-state index < -0.39 is 11.9 Å². The third-order valence-corrected chi connectivity index (χ3v) is 4.69. The van der Waals surface area contributed by atoms with Crippen LogP contribution >= 0.6 is 22.7 Å². The second-order valence-electron chi connectivity index (χ2n) is 3.99. The minimum Gasteiger partial charge on any atom is -0.477 e. The first-order chi connectivity index (χ1) is 9.25. The van der Waals surface area contributed by atoms with Gasteiger partial charge in [-0.1, -0.05) is 0 Å². The Kier molecular flexibility index (Phi) is 5.12. The molecule has 0 aliphatic heterocycles. The van der Waals surface area contributed by atoms with Crippen LogP contribution in [0.5, 0.6) is 0 Å². The summed E-state index contributed by atoms with van der Waals surface area (Å²) in [7, 11) is 0. The molecule has 8 heteroatoms. The lowest BCUT2D eigenvalue weighted by Crippen LogP contribution is -2.10.